The van der Waals surface area contributed by atoms with E-state index in [-0.39, 0.29) is 12.3 Å². The molecule has 144 valence electrons. The zero-order chi connectivity index (χ0) is 19.9. The Bertz CT molecular complexity index is 623. The predicted octanol–water partition coefficient (Wildman–Crippen LogP) is 1.01. The van der Waals surface area contributed by atoms with Gasteiger partial charge in [0, 0.05) is 0 Å². The highest BCUT2D eigenvalue weighted by Gasteiger charge is 2.28. The summed E-state index contributed by atoms with van der Waals surface area (Å²) in [5.74, 6) is -2.25. The van der Waals surface area contributed by atoms with Gasteiger partial charge in [0.15, 0.2) is 0 Å². The molecule has 0 bridgehead atoms. The molecule has 2 N–H and O–H groups in total. The van der Waals surface area contributed by atoms with Gasteiger partial charge in [-0.05, 0) is 38.7 Å². The van der Waals surface area contributed by atoms with Crippen LogP contribution in [0.3, 0.4) is 0 Å². The van der Waals surface area contributed by atoms with E-state index in [0.717, 1.165) is 5.56 Å². The zero-order valence-corrected chi connectivity index (χ0v) is 15.9. The lowest BCUT2D eigenvalue weighted by Gasteiger charge is -2.27. The maximum absolute atomic E-state index is 12.5. The van der Waals surface area contributed by atoms with Crippen LogP contribution in [0.15, 0.2) is 30.3 Å². The summed E-state index contributed by atoms with van der Waals surface area (Å²) in [4.78, 5) is 35.9. The largest absolute Gasteiger partial charge is 0.548 e. The van der Waals surface area contributed by atoms with E-state index in [9.17, 15) is 19.5 Å². The first kappa shape index (κ1) is 21.5. The second-order valence-electron chi connectivity index (χ2n) is 7.44. The molecule has 2 unspecified atom stereocenters. The van der Waals surface area contributed by atoms with Crippen molar-refractivity contribution in [2.75, 3.05) is 0 Å². The van der Waals surface area contributed by atoms with E-state index in [2.05, 4.69) is 10.6 Å². The van der Waals surface area contributed by atoms with Crippen molar-refractivity contribution in [3.05, 3.63) is 35.9 Å². The van der Waals surface area contributed by atoms with Crippen LogP contribution < -0.4 is 15.7 Å². The lowest BCUT2D eigenvalue weighted by Crippen LogP contribution is -2.57. The predicted molar refractivity (Wildman–Crippen MR) is 95.1 cm³/mol. The van der Waals surface area contributed by atoms with Crippen molar-refractivity contribution in [3.8, 4) is 0 Å². The van der Waals surface area contributed by atoms with Crippen LogP contribution in [0.4, 0.5) is 4.79 Å². The van der Waals surface area contributed by atoms with E-state index < -0.39 is 35.7 Å². The van der Waals surface area contributed by atoms with Gasteiger partial charge < -0.3 is 25.3 Å². The third kappa shape index (κ3) is 7.55. The molecule has 0 aliphatic carbocycles. The number of hydrogen-bond donors (Lipinski definition) is 2. The second kappa shape index (κ2) is 9.22. The van der Waals surface area contributed by atoms with Gasteiger partial charge in [0.1, 0.15) is 11.6 Å². The number of ether oxygens (including phenoxy) is 1. The number of carbonyl (C=O) groups excluding carboxylic acids is 3. The van der Waals surface area contributed by atoms with Crippen molar-refractivity contribution in [2.45, 2.75) is 58.7 Å². The molecule has 0 radical (unpaired) electrons. The molecular weight excluding hydrogens is 336 g/mol. The lowest BCUT2D eigenvalue weighted by molar-refractivity contribution is -0.308. The van der Waals surface area contributed by atoms with Gasteiger partial charge >= 0.3 is 6.09 Å². The maximum Gasteiger partial charge on any atom is 0.408 e. The summed E-state index contributed by atoms with van der Waals surface area (Å²) in [6.07, 6.45) is -0.647. The topological polar surface area (TPSA) is 108 Å². The first-order valence-electron chi connectivity index (χ1n) is 8.54. The minimum atomic E-state index is -1.39. The highest BCUT2D eigenvalue weighted by molar-refractivity contribution is 5.89. The van der Waals surface area contributed by atoms with Crippen LogP contribution in [0.1, 0.15) is 40.2 Å². The highest BCUT2D eigenvalue weighted by atomic mass is 16.6. The minimum Gasteiger partial charge on any atom is -0.548 e. The molecule has 7 heteroatoms. The minimum absolute atomic E-state index is 0.0895. The molecule has 1 aromatic rings. The Morgan fingerprint density at radius 2 is 1.65 bits per heavy atom. The summed E-state index contributed by atoms with van der Waals surface area (Å²) in [6, 6.07) is 6.78. The molecule has 1 aromatic carbocycles. The van der Waals surface area contributed by atoms with Crippen LogP contribution in [0, 0.1) is 5.92 Å². The first-order valence-corrected chi connectivity index (χ1v) is 8.54. The van der Waals surface area contributed by atoms with E-state index in [1.165, 1.54) is 0 Å². The van der Waals surface area contributed by atoms with Crippen molar-refractivity contribution in [1.29, 1.82) is 0 Å². The zero-order valence-electron chi connectivity index (χ0n) is 15.9. The Morgan fingerprint density at radius 3 is 2.12 bits per heavy atom. The number of rotatable bonds is 7. The summed E-state index contributed by atoms with van der Waals surface area (Å²) >= 11 is 0. The van der Waals surface area contributed by atoms with E-state index in [1.54, 1.807) is 58.9 Å². The Labute approximate surface area is 154 Å². The fourth-order valence-electron chi connectivity index (χ4n) is 2.27. The number of aliphatic carboxylic acids is 1. The monoisotopic (exact) mass is 363 g/mol. The molecule has 0 fully saturated rings. The Morgan fingerprint density at radius 1 is 1.08 bits per heavy atom. The van der Waals surface area contributed by atoms with Crippen LogP contribution in [0.2, 0.25) is 0 Å². The standard InChI is InChI=1S/C19H28N2O5/c1-12(2)15(21-18(25)26-19(3,4)5)16(22)20-14(17(23)24)11-13-9-7-6-8-10-13/h6-10,12,14-15H,11H2,1-5H3,(H,20,22)(H,21,25)(H,23,24)/p-1. The van der Waals surface area contributed by atoms with Crippen LogP contribution in [0.25, 0.3) is 0 Å². The fraction of sp³-hybridized carbons (Fsp3) is 0.526. The molecule has 0 aliphatic heterocycles. The van der Waals surface area contributed by atoms with Gasteiger partial charge in [-0.15, -0.1) is 0 Å². The summed E-state index contributed by atoms with van der Waals surface area (Å²) in [5.41, 5.74) is 0.0475. The van der Waals surface area contributed by atoms with Crippen molar-refractivity contribution < 1.29 is 24.2 Å². The van der Waals surface area contributed by atoms with Crippen molar-refractivity contribution in [2.24, 2.45) is 5.92 Å². The Balaban J connectivity index is 2.80. The first-order chi connectivity index (χ1) is 12.0. The number of hydrogen-bond acceptors (Lipinski definition) is 5. The Kier molecular flexibility index (Phi) is 7.61. The number of carbonyl (C=O) groups is 3. The fourth-order valence-corrected chi connectivity index (χ4v) is 2.27. The van der Waals surface area contributed by atoms with Crippen molar-refractivity contribution in [3.63, 3.8) is 0 Å². The number of amides is 2. The average molecular weight is 363 g/mol. The van der Waals surface area contributed by atoms with Gasteiger partial charge in [-0.25, -0.2) is 4.79 Å². The third-order valence-electron chi connectivity index (χ3n) is 3.51. The average Bonchev–Trinajstić information content (AvgIpc) is 2.50. The normalized spacial score (nSPS) is 13.6. The maximum atomic E-state index is 12.5. The van der Waals surface area contributed by atoms with E-state index in [4.69, 9.17) is 4.74 Å². The van der Waals surface area contributed by atoms with Crippen LogP contribution >= 0.6 is 0 Å². The SMILES string of the molecule is CC(C)C(NC(=O)OC(C)(C)C)C(=O)NC(Cc1ccccc1)C(=O)[O-]. The van der Waals surface area contributed by atoms with E-state index in [1.807, 2.05) is 6.07 Å². The van der Waals surface area contributed by atoms with E-state index >= 15 is 0 Å². The molecule has 26 heavy (non-hydrogen) atoms. The lowest BCUT2D eigenvalue weighted by atomic mass is 10.0. The highest BCUT2D eigenvalue weighted by Crippen LogP contribution is 2.10. The van der Waals surface area contributed by atoms with Gasteiger partial charge in [0.2, 0.25) is 5.91 Å². The quantitative estimate of drug-likeness (QED) is 0.752. The van der Waals surface area contributed by atoms with Gasteiger partial charge in [0.05, 0.1) is 12.0 Å². The summed E-state index contributed by atoms with van der Waals surface area (Å²) in [7, 11) is 0. The number of benzene rings is 1. The molecular formula is C19H27N2O5-. The molecule has 7 nitrogen and oxygen atoms in total. The third-order valence-corrected chi connectivity index (χ3v) is 3.51. The number of alkyl carbamates (subject to hydrolysis) is 1. The van der Waals surface area contributed by atoms with Gasteiger partial charge in [-0.2, -0.15) is 0 Å². The molecule has 0 saturated heterocycles. The van der Waals surface area contributed by atoms with Gasteiger partial charge in [-0.3, -0.25) is 4.79 Å². The molecule has 0 spiro atoms. The molecule has 2 amide bonds. The second-order valence-corrected chi connectivity index (χ2v) is 7.44. The van der Waals surface area contributed by atoms with Crippen LogP contribution in [-0.4, -0.2) is 35.7 Å². The molecule has 0 heterocycles. The van der Waals surface area contributed by atoms with Gasteiger partial charge in [0.25, 0.3) is 0 Å². The van der Waals surface area contributed by atoms with Crippen molar-refractivity contribution >= 4 is 18.0 Å². The smallest absolute Gasteiger partial charge is 0.408 e. The number of nitrogens with one attached hydrogen (secondary N) is 2. The van der Waals surface area contributed by atoms with Crippen LogP contribution in [0.5, 0.6) is 0 Å². The number of carboxylic acid groups (broad SMARTS) is 1. The molecule has 0 aliphatic rings. The van der Waals surface area contributed by atoms with Crippen LogP contribution in [-0.2, 0) is 20.7 Å². The Hall–Kier alpha value is -2.57. The molecule has 2 atom stereocenters. The summed E-state index contributed by atoms with van der Waals surface area (Å²) < 4.78 is 5.16. The van der Waals surface area contributed by atoms with Gasteiger partial charge in [-0.1, -0.05) is 44.2 Å². The number of carboxylic acids is 1. The molecule has 1 rings (SSSR count). The summed E-state index contributed by atoms with van der Waals surface area (Å²) in [5, 5.41) is 16.3. The summed E-state index contributed by atoms with van der Waals surface area (Å²) in [6.45, 7) is 8.62. The van der Waals surface area contributed by atoms with E-state index in [0.29, 0.717) is 0 Å². The van der Waals surface area contributed by atoms with Crippen molar-refractivity contribution in [1.82, 2.24) is 10.6 Å². The molecule has 0 saturated carbocycles. The molecule has 0 aromatic heterocycles.